The highest BCUT2D eigenvalue weighted by Crippen LogP contribution is 2.37. The number of non-ortho nitro benzene ring substituents is 1. The van der Waals surface area contributed by atoms with Gasteiger partial charge in [-0.05, 0) is 6.07 Å². The Morgan fingerprint density at radius 3 is 2.25 bits per heavy atom. The molecule has 0 aliphatic rings. The monoisotopic (exact) mass is 300 g/mol. The van der Waals surface area contributed by atoms with E-state index in [1.54, 1.807) is 0 Å². The summed E-state index contributed by atoms with van der Waals surface area (Å²) in [4.78, 5) is 20.3. The molecule has 0 unspecified atom stereocenters. The minimum absolute atomic E-state index is 0.444. The van der Waals surface area contributed by atoms with E-state index in [9.17, 15) is 42.0 Å². The molecule has 0 atom stereocenters. The molecule has 0 bridgehead atoms. The number of nitrogens with zero attached hydrogens (tertiary/aromatic N) is 1. The van der Waals surface area contributed by atoms with Crippen molar-refractivity contribution in [1.29, 1.82) is 0 Å². The molecule has 0 radical (unpaired) electrons. The van der Waals surface area contributed by atoms with Crippen LogP contribution in [0.1, 0.15) is 0 Å². The van der Waals surface area contributed by atoms with Gasteiger partial charge in [0.05, 0.1) is 10.6 Å². The van der Waals surface area contributed by atoms with Gasteiger partial charge in [-0.3, -0.25) is 14.9 Å². The van der Waals surface area contributed by atoms with E-state index in [4.69, 9.17) is 0 Å². The van der Waals surface area contributed by atoms with Gasteiger partial charge in [0.2, 0.25) is 0 Å². The van der Waals surface area contributed by atoms with Gasteiger partial charge < -0.3 is 10.4 Å². The van der Waals surface area contributed by atoms with Gasteiger partial charge in [0.1, 0.15) is 5.75 Å². The Balaban J connectivity index is 3.08. The van der Waals surface area contributed by atoms with Crippen LogP contribution in [0.2, 0.25) is 0 Å². The summed E-state index contributed by atoms with van der Waals surface area (Å²) in [6.07, 6.45) is -6.13. The highest BCUT2D eigenvalue weighted by atomic mass is 19.4. The predicted molar refractivity (Wildman–Crippen MR) is 54.4 cm³/mol. The zero-order chi connectivity index (χ0) is 15.7. The lowest BCUT2D eigenvalue weighted by atomic mass is 10.2. The van der Waals surface area contributed by atoms with Crippen LogP contribution in [-0.4, -0.2) is 28.0 Å². The molecule has 0 aliphatic carbocycles. The molecular weight excluding hydrogens is 295 g/mol. The second-order valence-electron chi connectivity index (χ2n) is 3.48. The van der Waals surface area contributed by atoms with Gasteiger partial charge in [-0.25, -0.2) is 0 Å². The van der Waals surface area contributed by atoms with Crippen molar-refractivity contribution >= 4 is 17.3 Å². The molecule has 0 aliphatic heterocycles. The number of carbonyl (C=O) groups excluding carboxylic acids is 1. The standard InChI is InChI=1S/C9H5F5N2O4/c10-8(11,9(12,13)14)7(18)15-5-3-4(16(19)20)1-2-6(5)17/h1-3,17H,(H,15,18). The average molecular weight is 300 g/mol. The van der Waals surface area contributed by atoms with Crippen molar-refractivity contribution in [3.05, 3.63) is 28.3 Å². The van der Waals surface area contributed by atoms with E-state index in [1.807, 2.05) is 0 Å². The Morgan fingerprint density at radius 1 is 1.25 bits per heavy atom. The van der Waals surface area contributed by atoms with Gasteiger partial charge in [0.25, 0.3) is 5.69 Å². The summed E-state index contributed by atoms with van der Waals surface area (Å²) in [6.45, 7) is 0. The summed E-state index contributed by atoms with van der Waals surface area (Å²) in [7, 11) is 0. The number of carbonyl (C=O) groups is 1. The third-order valence-electron chi connectivity index (χ3n) is 2.08. The van der Waals surface area contributed by atoms with Gasteiger partial charge in [-0.15, -0.1) is 0 Å². The number of anilines is 1. The third kappa shape index (κ3) is 2.92. The van der Waals surface area contributed by atoms with Gasteiger partial charge in [-0.2, -0.15) is 22.0 Å². The molecule has 0 fully saturated rings. The van der Waals surface area contributed by atoms with Gasteiger partial charge in [0.15, 0.2) is 0 Å². The fourth-order valence-electron chi connectivity index (χ4n) is 1.07. The first-order valence-electron chi connectivity index (χ1n) is 4.70. The van der Waals surface area contributed by atoms with Crippen LogP contribution < -0.4 is 5.32 Å². The lowest BCUT2D eigenvalue weighted by molar-refractivity contribution is -0.384. The smallest absolute Gasteiger partial charge is 0.463 e. The highest BCUT2D eigenvalue weighted by molar-refractivity contribution is 5.98. The van der Waals surface area contributed by atoms with E-state index in [1.165, 1.54) is 0 Å². The van der Waals surface area contributed by atoms with Crippen LogP contribution in [0, 0.1) is 10.1 Å². The van der Waals surface area contributed by atoms with Crippen LogP contribution in [0.4, 0.5) is 33.3 Å². The summed E-state index contributed by atoms with van der Waals surface area (Å²) < 4.78 is 61.0. The lowest BCUT2D eigenvalue weighted by Crippen LogP contribution is -2.47. The number of hydrogen-bond acceptors (Lipinski definition) is 4. The van der Waals surface area contributed by atoms with Crippen molar-refractivity contribution in [1.82, 2.24) is 0 Å². The number of rotatable bonds is 3. The van der Waals surface area contributed by atoms with Crippen LogP contribution >= 0.6 is 0 Å². The Labute approximate surface area is 107 Å². The molecule has 2 N–H and O–H groups in total. The summed E-state index contributed by atoms with van der Waals surface area (Å²) in [5, 5.41) is 20.6. The Hall–Kier alpha value is -2.46. The van der Waals surface area contributed by atoms with Crippen LogP contribution in [0.3, 0.4) is 0 Å². The number of amides is 1. The maximum atomic E-state index is 12.6. The van der Waals surface area contributed by atoms with Gasteiger partial charge in [0, 0.05) is 12.1 Å². The molecule has 20 heavy (non-hydrogen) atoms. The number of phenolic OH excluding ortho intramolecular Hbond substituents is 1. The zero-order valence-corrected chi connectivity index (χ0v) is 9.24. The number of halogens is 5. The maximum Gasteiger partial charge on any atom is 0.463 e. The number of aromatic hydroxyl groups is 1. The van der Waals surface area contributed by atoms with Gasteiger partial charge in [-0.1, -0.05) is 0 Å². The topological polar surface area (TPSA) is 92.5 Å². The summed E-state index contributed by atoms with van der Waals surface area (Å²) >= 11 is 0. The lowest BCUT2D eigenvalue weighted by Gasteiger charge is -2.18. The summed E-state index contributed by atoms with van der Waals surface area (Å²) in [5.41, 5.74) is -1.65. The van der Waals surface area contributed by atoms with E-state index in [-0.39, 0.29) is 0 Å². The van der Waals surface area contributed by atoms with Crippen molar-refractivity contribution in [3.63, 3.8) is 0 Å². The normalized spacial score (nSPS) is 12.1. The number of phenols is 1. The molecule has 1 amide bonds. The number of benzene rings is 1. The molecule has 110 valence electrons. The molecule has 0 saturated heterocycles. The first kappa shape index (κ1) is 15.6. The van der Waals surface area contributed by atoms with E-state index in [2.05, 4.69) is 0 Å². The molecule has 1 rings (SSSR count). The van der Waals surface area contributed by atoms with Crippen molar-refractivity contribution < 1.29 is 36.8 Å². The SMILES string of the molecule is O=C(Nc1cc([N+](=O)[O-])ccc1O)C(F)(F)C(F)(F)F. The van der Waals surface area contributed by atoms with E-state index in [0.29, 0.717) is 12.1 Å². The minimum atomic E-state index is -6.13. The number of nitrogens with one attached hydrogen (secondary N) is 1. The fourth-order valence-corrected chi connectivity index (χ4v) is 1.07. The Morgan fingerprint density at radius 2 is 1.80 bits per heavy atom. The molecule has 0 aromatic heterocycles. The molecule has 0 spiro atoms. The molecule has 6 nitrogen and oxygen atoms in total. The fraction of sp³-hybridized carbons (Fsp3) is 0.222. The average Bonchev–Trinajstić information content (AvgIpc) is 2.29. The summed E-state index contributed by atoms with van der Waals surface area (Å²) in [6, 6.07) is 1.88. The van der Waals surface area contributed by atoms with Crippen LogP contribution in [0.15, 0.2) is 18.2 Å². The van der Waals surface area contributed by atoms with Crippen LogP contribution in [-0.2, 0) is 4.79 Å². The van der Waals surface area contributed by atoms with Crippen LogP contribution in [0.25, 0.3) is 0 Å². The number of nitro groups is 1. The first-order valence-corrected chi connectivity index (χ1v) is 4.70. The number of alkyl halides is 5. The Kier molecular flexibility index (Phi) is 3.82. The number of nitro benzene ring substituents is 1. The zero-order valence-electron chi connectivity index (χ0n) is 9.24. The van der Waals surface area contributed by atoms with E-state index < -0.39 is 40.1 Å². The third-order valence-corrected chi connectivity index (χ3v) is 2.08. The van der Waals surface area contributed by atoms with Crippen LogP contribution in [0.5, 0.6) is 5.75 Å². The minimum Gasteiger partial charge on any atom is -0.506 e. The van der Waals surface area contributed by atoms with Crippen molar-refractivity contribution in [2.24, 2.45) is 0 Å². The second-order valence-corrected chi connectivity index (χ2v) is 3.48. The van der Waals surface area contributed by atoms with E-state index >= 15 is 0 Å². The Bertz CT molecular complexity index is 558. The molecule has 11 heteroatoms. The van der Waals surface area contributed by atoms with Crippen molar-refractivity contribution in [2.45, 2.75) is 12.1 Å². The maximum absolute atomic E-state index is 12.6. The molecule has 0 saturated carbocycles. The van der Waals surface area contributed by atoms with E-state index in [0.717, 1.165) is 11.4 Å². The molecule has 1 aromatic rings. The number of hydrogen-bond donors (Lipinski definition) is 2. The predicted octanol–water partition coefficient (Wildman–Crippen LogP) is 2.44. The highest BCUT2D eigenvalue weighted by Gasteiger charge is 2.63. The van der Waals surface area contributed by atoms with Gasteiger partial charge >= 0.3 is 18.0 Å². The second kappa shape index (κ2) is 4.90. The first-order chi connectivity index (χ1) is 8.96. The van der Waals surface area contributed by atoms with Crippen molar-refractivity contribution in [3.8, 4) is 5.75 Å². The molecular formula is C9H5F5N2O4. The summed E-state index contributed by atoms with van der Waals surface area (Å²) in [5.74, 6) is -9.37. The quantitative estimate of drug-likeness (QED) is 0.388. The molecule has 1 aromatic carbocycles. The van der Waals surface area contributed by atoms with Crippen molar-refractivity contribution in [2.75, 3.05) is 5.32 Å². The largest absolute Gasteiger partial charge is 0.506 e. The molecule has 0 heterocycles.